The van der Waals surface area contributed by atoms with Crippen LogP contribution in [0.25, 0.3) is 10.9 Å². The molecule has 0 saturated heterocycles. The first kappa shape index (κ1) is 18.5. The molecular weight excluding hydrogens is 354 g/mol. The van der Waals surface area contributed by atoms with E-state index in [-0.39, 0.29) is 5.91 Å². The minimum absolute atomic E-state index is 0.139. The number of nitrogens with zero attached hydrogens (tertiary/aromatic N) is 1. The molecule has 1 saturated carbocycles. The molecule has 1 aliphatic carbocycles. The molecule has 1 heterocycles. The Morgan fingerprint density at radius 2 is 1.69 bits per heavy atom. The third kappa shape index (κ3) is 4.64. The summed E-state index contributed by atoms with van der Waals surface area (Å²) in [6, 6.07) is 9.05. The van der Waals surface area contributed by atoms with Crippen molar-refractivity contribution in [3.63, 3.8) is 0 Å². The molecule has 1 aromatic carbocycles. The molecule has 2 amide bonds. The molecule has 1 aromatic heterocycles. The zero-order valence-corrected chi connectivity index (χ0v) is 15.1. The van der Waals surface area contributed by atoms with Gasteiger partial charge < -0.3 is 15.7 Å². The second-order valence-corrected chi connectivity index (χ2v) is 7.18. The molecule has 3 N–H and O–H groups in total. The first-order valence-electron chi connectivity index (χ1n) is 8.83. The van der Waals surface area contributed by atoms with Crippen molar-refractivity contribution in [3.05, 3.63) is 41.0 Å². The number of halogens is 1. The number of nitrogens with one attached hydrogen (secondary N) is 2. The molecule has 0 unspecified atom stereocenters. The number of para-hydroxylation sites is 1. The summed E-state index contributed by atoms with van der Waals surface area (Å²) in [6.45, 7) is 1.13. The molecule has 1 fully saturated rings. The Labute approximate surface area is 156 Å². The van der Waals surface area contributed by atoms with Gasteiger partial charge in [-0.2, -0.15) is 0 Å². The van der Waals surface area contributed by atoms with E-state index in [2.05, 4.69) is 15.6 Å². The number of pyridine rings is 1. The lowest BCUT2D eigenvalue weighted by Crippen LogP contribution is -2.34. The first-order valence-corrected chi connectivity index (χ1v) is 9.21. The second-order valence-electron chi connectivity index (χ2n) is 6.79. The standard InChI is InChI=1S/C19H22ClN3O3/c20-17-9-15(14-3-1-2-4-16(14)23-17)18(24)21-10-12-5-7-13(8-6-12)11-22-19(25)26/h1-4,9,12-13,22H,5-8,10-11H2,(H,21,24)(H,25,26)/t12-,13-. The lowest BCUT2D eigenvalue weighted by molar-refractivity contribution is 0.0942. The van der Waals surface area contributed by atoms with E-state index in [0.717, 1.165) is 31.1 Å². The Bertz CT molecular complexity index is 804. The van der Waals surface area contributed by atoms with Gasteiger partial charge in [0.25, 0.3) is 5.91 Å². The van der Waals surface area contributed by atoms with E-state index in [1.54, 1.807) is 6.07 Å². The molecule has 0 aliphatic heterocycles. The normalized spacial score (nSPS) is 19.9. The lowest BCUT2D eigenvalue weighted by atomic mass is 9.82. The number of fused-ring (bicyclic) bond motifs is 1. The number of hydrogen-bond donors (Lipinski definition) is 3. The highest BCUT2D eigenvalue weighted by Gasteiger charge is 2.22. The maximum absolute atomic E-state index is 12.6. The number of aromatic nitrogens is 1. The predicted octanol–water partition coefficient (Wildman–Crippen LogP) is 3.69. The Hall–Kier alpha value is -2.34. The topological polar surface area (TPSA) is 91.3 Å². The summed E-state index contributed by atoms with van der Waals surface area (Å²) in [7, 11) is 0. The van der Waals surface area contributed by atoms with Crippen LogP contribution < -0.4 is 10.6 Å². The number of rotatable bonds is 5. The first-order chi connectivity index (χ1) is 12.5. The number of carbonyl (C=O) groups excluding carboxylic acids is 1. The second kappa shape index (κ2) is 8.36. The average molecular weight is 376 g/mol. The van der Waals surface area contributed by atoms with Crippen LogP contribution in [-0.2, 0) is 0 Å². The van der Waals surface area contributed by atoms with Crippen LogP contribution in [-0.4, -0.2) is 35.2 Å². The molecule has 6 nitrogen and oxygen atoms in total. The fourth-order valence-corrected chi connectivity index (χ4v) is 3.73. The van der Waals surface area contributed by atoms with Crippen LogP contribution in [0.4, 0.5) is 4.79 Å². The van der Waals surface area contributed by atoms with Gasteiger partial charge in [0, 0.05) is 18.5 Å². The van der Waals surface area contributed by atoms with Gasteiger partial charge in [0.2, 0.25) is 0 Å². The van der Waals surface area contributed by atoms with Gasteiger partial charge in [0.1, 0.15) is 5.15 Å². The predicted molar refractivity (Wildman–Crippen MR) is 101 cm³/mol. The van der Waals surface area contributed by atoms with Gasteiger partial charge in [-0.25, -0.2) is 9.78 Å². The summed E-state index contributed by atoms with van der Waals surface area (Å²) in [6.07, 6.45) is 2.96. The van der Waals surface area contributed by atoms with Crippen LogP contribution in [0.5, 0.6) is 0 Å². The molecule has 26 heavy (non-hydrogen) atoms. The summed E-state index contributed by atoms with van der Waals surface area (Å²) >= 11 is 6.05. The zero-order chi connectivity index (χ0) is 18.5. The Morgan fingerprint density at radius 1 is 1.08 bits per heavy atom. The van der Waals surface area contributed by atoms with Gasteiger partial charge in [-0.1, -0.05) is 29.8 Å². The number of hydrogen-bond acceptors (Lipinski definition) is 3. The van der Waals surface area contributed by atoms with Crippen molar-refractivity contribution in [3.8, 4) is 0 Å². The van der Waals surface area contributed by atoms with Gasteiger partial charge >= 0.3 is 6.09 Å². The van der Waals surface area contributed by atoms with Crippen molar-refractivity contribution < 1.29 is 14.7 Å². The van der Waals surface area contributed by atoms with Crippen molar-refractivity contribution in [1.82, 2.24) is 15.6 Å². The number of carboxylic acid groups (broad SMARTS) is 1. The van der Waals surface area contributed by atoms with E-state index in [1.807, 2.05) is 24.3 Å². The van der Waals surface area contributed by atoms with Gasteiger partial charge in [0.05, 0.1) is 11.1 Å². The van der Waals surface area contributed by atoms with E-state index in [4.69, 9.17) is 16.7 Å². The zero-order valence-electron chi connectivity index (χ0n) is 14.4. The summed E-state index contributed by atoms with van der Waals surface area (Å²) in [5.41, 5.74) is 1.25. The Balaban J connectivity index is 1.55. The number of carbonyl (C=O) groups is 2. The van der Waals surface area contributed by atoms with Crippen LogP contribution >= 0.6 is 11.6 Å². The van der Waals surface area contributed by atoms with Gasteiger partial charge in [-0.05, 0) is 49.7 Å². The minimum Gasteiger partial charge on any atom is -0.465 e. The molecule has 0 bridgehead atoms. The van der Waals surface area contributed by atoms with Crippen LogP contribution in [0.15, 0.2) is 30.3 Å². The van der Waals surface area contributed by atoms with E-state index in [0.29, 0.717) is 41.2 Å². The van der Waals surface area contributed by atoms with E-state index < -0.39 is 6.09 Å². The molecule has 1 aliphatic rings. The third-order valence-electron chi connectivity index (χ3n) is 4.99. The molecule has 138 valence electrons. The molecular formula is C19H22ClN3O3. The van der Waals surface area contributed by atoms with Gasteiger partial charge in [0.15, 0.2) is 0 Å². The number of benzene rings is 1. The van der Waals surface area contributed by atoms with Gasteiger partial charge in [-0.15, -0.1) is 0 Å². The molecule has 2 aromatic rings. The highest BCUT2D eigenvalue weighted by molar-refractivity contribution is 6.30. The SMILES string of the molecule is O=C(O)NC[C@H]1CC[C@H](CNC(=O)c2cc(Cl)nc3ccccc23)CC1. The monoisotopic (exact) mass is 375 g/mol. The fourth-order valence-electron chi connectivity index (χ4n) is 3.53. The van der Waals surface area contributed by atoms with Crippen molar-refractivity contribution in [2.24, 2.45) is 11.8 Å². The van der Waals surface area contributed by atoms with E-state index >= 15 is 0 Å². The van der Waals surface area contributed by atoms with Crippen LogP contribution in [0.2, 0.25) is 5.15 Å². The minimum atomic E-state index is -0.970. The van der Waals surface area contributed by atoms with Crippen molar-refractivity contribution in [2.75, 3.05) is 13.1 Å². The smallest absolute Gasteiger partial charge is 0.404 e. The molecule has 3 rings (SSSR count). The summed E-state index contributed by atoms with van der Waals surface area (Å²) < 4.78 is 0. The lowest BCUT2D eigenvalue weighted by Gasteiger charge is -2.28. The molecule has 0 spiro atoms. The Morgan fingerprint density at radius 3 is 2.35 bits per heavy atom. The third-order valence-corrected chi connectivity index (χ3v) is 5.18. The molecule has 7 heteroatoms. The fraction of sp³-hybridized carbons (Fsp3) is 0.421. The summed E-state index contributed by atoms with van der Waals surface area (Å²) in [4.78, 5) is 27.4. The maximum Gasteiger partial charge on any atom is 0.404 e. The molecule has 0 radical (unpaired) electrons. The van der Waals surface area contributed by atoms with Crippen molar-refractivity contribution >= 4 is 34.5 Å². The quantitative estimate of drug-likeness (QED) is 0.695. The summed E-state index contributed by atoms with van der Waals surface area (Å²) in [5, 5.41) is 15.2. The highest BCUT2D eigenvalue weighted by Crippen LogP contribution is 2.28. The largest absolute Gasteiger partial charge is 0.465 e. The van der Waals surface area contributed by atoms with Crippen LogP contribution in [0, 0.1) is 11.8 Å². The number of amides is 2. The van der Waals surface area contributed by atoms with Crippen LogP contribution in [0.1, 0.15) is 36.0 Å². The average Bonchev–Trinajstić information content (AvgIpc) is 2.64. The van der Waals surface area contributed by atoms with Gasteiger partial charge in [-0.3, -0.25) is 4.79 Å². The maximum atomic E-state index is 12.6. The molecule has 0 atom stereocenters. The van der Waals surface area contributed by atoms with Crippen molar-refractivity contribution in [1.29, 1.82) is 0 Å². The van der Waals surface area contributed by atoms with Crippen LogP contribution in [0.3, 0.4) is 0 Å². The summed E-state index contributed by atoms with van der Waals surface area (Å²) in [5.74, 6) is 0.671. The van der Waals surface area contributed by atoms with E-state index in [9.17, 15) is 9.59 Å². The van der Waals surface area contributed by atoms with E-state index in [1.165, 1.54) is 0 Å². The highest BCUT2D eigenvalue weighted by atomic mass is 35.5. The Kier molecular flexibility index (Phi) is 5.93. The van der Waals surface area contributed by atoms with Crippen molar-refractivity contribution in [2.45, 2.75) is 25.7 Å².